The van der Waals surface area contributed by atoms with Gasteiger partial charge in [-0.25, -0.2) is 4.79 Å². The molecule has 0 aliphatic rings. The summed E-state index contributed by atoms with van der Waals surface area (Å²) in [6.07, 6.45) is -1.70. The predicted molar refractivity (Wildman–Crippen MR) is 113 cm³/mol. The molecule has 9 N–H and O–H groups in total. The minimum absolute atomic E-state index is 0.0445. The molecule has 0 radical (unpaired) electrons. The topological polar surface area (TPSA) is 245 Å². The van der Waals surface area contributed by atoms with Crippen LogP contribution in [0.2, 0.25) is 0 Å². The molecule has 0 saturated heterocycles. The van der Waals surface area contributed by atoms with E-state index in [2.05, 4.69) is 10.6 Å². The molecule has 0 saturated carbocycles. The summed E-state index contributed by atoms with van der Waals surface area (Å²) in [5.74, 6) is -7.22. The highest BCUT2D eigenvalue weighted by molar-refractivity contribution is 5.95. The number of amides is 3. The average molecular weight is 482 g/mol. The van der Waals surface area contributed by atoms with Crippen LogP contribution in [-0.2, 0) is 35.2 Å². The van der Waals surface area contributed by atoms with Gasteiger partial charge in [0.15, 0.2) is 0 Å². The Kier molecular flexibility index (Phi) is 10.4. The summed E-state index contributed by atoms with van der Waals surface area (Å²) < 4.78 is 0. The third-order valence-electron chi connectivity index (χ3n) is 4.49. The van der Waals surface area contributed by atoms with Crippen LogP contribution in [0.5, 0.6) is 5.75 Å². The number of carboxylic acid groups (broad SMARTS) is 3. The minimum Gasteiger partial charge on any atom is -0.508 e. The number of aromatic hydroxyl groups is 1. The van der Waals surface area contributed by atoms with Gasteiger partial charge in [0.25, 0.3) is 0 Å². The Morgan fingerprint density at radius 2 is 1.32 bits per heavy atom. The second-order valence-electron chi connectivity index (χ2n) is 7.36. The number of nitrogens with two attached hydrogens (primary N) is 1. The zero-order chi connectivity index (χ0) is 26.0. The molecule has 0 aliphatic carbocycles. The Morgan fingerprint density at radius 3 is 1.82 bits per heavy atom. The van der Waals surface area contributed by atoms with Gasteiger partial charge in [0.05, 0.1) is 18.9 Å². The van der Waals surface area contributed by atoms with Crippen molar-refractivity contribution in [1.82, 2.24) is 16.0 Å². The zero-order valence-electron chi connectivity index (χ0n) is 18.1. The standard InChI is InChI=1S/C20H26N4O10/c1-9(17(30)24-14(20(33)34)8-16(28)29)22-19(32)13(6-10-2-4-11(25)5-3-10)23-18(31)12(21)7-15(26)27/h2-5,9,12-14,25H,6-8,21H2,1H3,(H,22,32)(H,23,31)(H,24,30)(H,26,27)(H,28,29)(H,33,34). The van der Waals surface area contributed by atoms with Crippen molar-refractivity contribution in [3.05, 3.63) is 29.8 Å². The fraction of sp³-hybridized carbons (Fsp3) is 0.400. The highest BCUT2D eigenvalue weighted by atomic mass is 16.4. The molecule has 1 aromatic carbocycles. The molecular formula is C20H26N4O10. The Balaban J connectivity index is 2.95. The van der Waals surface area contributed by atoms with E-state index >= 15 is 0 Å². The second-order valence-corrected chi connectivity index (χ2v) is 7.36. The molecule has 1 aromatic rings. The molecule has 0 heterocycles. The molecule has 34 heavy (non-hydrogen) atoms. The number of carboxylic acids is 3. The van der Waals surface area contributed by atoms with Crippen LogP contribution in [0.4, 0.5) is 0 Å². The number of hydrogen-bond acceptors (Lipinski definition) is 8. The van der Waals surface area contributed by atoms with Gasteiger partial charge in [0, 0.05) is 6.42 Å². The maximum absolute atomic E-state index is 12.8. The fourth-order valence-corrected chi connectivity index (χ4v) is 2.69. The van der Waals surface area contributed by atoms with Crippen molar-refractivity contribution >= 4 is 35.6 Å². The summed E-state index contributed by atoms with van der Waals surface area (Å²) in [4.78, 5) is 70.0. The summed E-state index contributed by atoms with van der Waals surface area (Å²) in [5, 5.41) is 42.6. The van der Waals surface area contributed by atoms with Crippen LogP contribution < -0.4 is 21.7 Å². The predicted octanol–water partition coefficient (Wildman–Crippen LogP) is -2.23. The molecule has 1 rings (SSSR count). The van der Waals surface area contributed by atoms with E-state index in [1.165, 1.54) is 31.2 Å². The number of benzene rings is 1. The largest absolute Gasteiger partial charge is 0.508 e. The minimum atomic E-state index is -1.73. The van der Waals surface area contributed by atoms with Gasteiger partial charge in [0.1, 0.15) is 23.9 Å². The van der Waals surface area contributed by atoms with Crippen molar-refractivity contribution in [3.63, 3.8) is 0 Å². The number of carbonyl (C=O) groups excluding carboxylic acids is 3. The van der Waals surface area contributed by atoms with Crippen molar-refractivity contribution in [2.75, 3.05) is 0 Å². The van der Waals surface area contributed by atoms with E-state index < -0.39 is 72.6 Å². The van der Waals surface area contributed by atoms with Crippen LogP contribution in [0.1, 0.15) is 25.3 Å². The molecule has 186 valence electrons. The molecule has 0 bridgehead atoms. The summed E-state index contributed by atoms with van der Waals surface area (Å²) >= 11 is 0. The summed E-state index contributed by atoms with van der Waals surface area (Å²) in [7, 11) is 0. The summed E-state index contributed by atoms with van der Waals surface area (Å²) in [6, 6.07) is -0.209. The van der Waals surface area contributed by atoms with Crippen LogP contribution in [-0.4, -0.2) is 80.2 Å². The first-order valence-electron chi connectivity index (χ1n) is 9.91. The van der Waals surface area contributed by atoms with Gasteiger partial charge >= 0.3 is 17.9 Å². The van der Waals surface area contributed by atoms with Crippen molar-refractivity contribution < 1.29 is 49.2 Å². The molecule has 0 aromatic heterocycles. The number of rotatable bonds is 13. The van der Waals surface area contributed by atoms with Crippen molar-refractivity contribution in [2.24, 2.45) is 5.73 Å². The zero-order valence-corrected chi connectivity index (χ0v) is 18.1. The SMILES string of the molecule is CC(NC(=O)C(Cc1ccc(O)cc1)NC(=O)C(N)CC(=O)O)C(=O)NC(CC(=O)O)C(=O)O. The molecule has 4 atom stereocenters. The number of hydrogen-bond donors (Lipinski definition) is 8. The lowest BCUT2D eigenvalue weighted by Crippen LogP contribution is -2.57. The molecule has 4 unspecified atom stereocenters. The maximum atomic E-state index is 12.8. The van der Waals surface area contributed by atoms with Gasteiger partial charge in [-0.15, -0.1) is 0 Å². The van der Waals surface area contributed by atoms with Crippen molar-refractivity contribution in [3.8, 4) is 5.75 Å². The van der Waals surface area contributed by atoms with Gasteiger partial charge in [0.2, 0.25) is 17.7 Å². The Hall–Kier alpha value is -4.20. The second kappa shape index (κ2) is 12.7. The monoisotopic (exact) mass is 482 g/mol. The number of phenols is 1. The van der Waals surface area contributed by atoms with E-state index in [1.807, 2.05) is 5.32 Å². The lowest BCUT2D eigenvalue weighted by atomic mass is 10.0. The molecular weight excluding hydrogens is 456 g/mol. The van der Waals surface area contributed by atoms with Crippen LogP contribution in [0.25, 0.3) is 0 Å². The highest BCUT2D eigenvalue weighted by Crippen LogP contribution is 2.12. The average Bonchev–Trinajstić information content (AvgIpc) is 2.73. The molecule has 0 fully saturated rings. The smallest absolute Gasteiger partial charge is 0.326 e. The van der Waals surface area contributed by atoms with Gasteiger partial charge in [-0.05, 0) is 24.6 Å². The first-order chi connectivity index (χ1) is 15.8. The third-order valence-corrected chi connectivity index (χ3v) is 4.49. The fourth-order valence-electron chi connectivity index (χ4n) is 2.69. The maximum Gasteiger partial charge on any atom is 0.326 e. The van der Waals surface area contributed by atoms with E-state index in [0.29, 0.717) is 5.56 Å². The van der Waals surface area contributed by atoms with E-state index in [-0.39, 0.29) is 12.2 Å². The lowest BCUT2D eigenvalue weighted by molar-refractivity contribution is -0.147. The van der Waals surface area contributed by atoms with E-state index in [4.69, 9.17) is 21.1 Å². The Labute approximate surface area is 193 Å². The van der Waals surface area contributed by atoms with Crippen molar-refractivity contribution in [1.29, 1.82) is 0 Å². The van der Waals surface area contributed by atoms with Crippen molar-refractivity contribution in [2.45, 2.75) is 50.4 Å². The van der Waals surface area contributed by atoms with Gasteiger partial charge in [-0.1, -0.05) is 12.1 Å². The normalized spacial score (nSPS) is 14.1. The van der Waals surface area contributed by atoms with E-state index in [9.17, 15) is 33.9 Å². The Bertz CT molecular complexity index is 934. The number of carbonyl (C=O) groups is 6. The van der Waals surface area contributed by atoms with E-state index in [0.717, 1.165) is 0 Å². The third kappa shape index (κ3) is 9.52. The van der Waals surface area contributed by atoms with Crippen LogP contribution in [0, 0.1) is 0 Å². The Morgan fingerprint density at radius 1 is 0.794 bits per heavy atom. The van der Waals surface area contributed by atoms with Crippen LogP contribution >= 0.6 is 0 Å². The van der Waals surface area contributed by atoms with Gasteiger partial charge in [-0.3, -0.25) is 24.0 Å². The molecule has 14 nitrogen and oxygen atoms in total. The number of aliphatic carboxylic acids is 3. The first-order valence-corrected chi connectivity index (χ1v) is 9.91. The molecule has 0 spiro atoms. The van der Waals surface area contributed by atoms with E-state index in [1.54, 1.807) is 0 Å². The van der Waals surface area contributed by atoms with Gasteiger partial charge < -0.3 is 42.1 Å². The lowest BCUT2D eigenvalue weighted by Gasteiger charge is -2.23. The molecule has 3 amide bonds. The molecule has 0 aliphatic heterocycles. The summed E-state index contributed by atoms with van der Waals surface area (Å²) in [6.45, 7) is 1.21. The number of phenolic OH excluding ortho intramolecular Hbond substituents is 1. The van der Waals surface area contributed by atoms with Gasteiger partial charge in [-0.2, -0.15) is 0 Å². The molecule has 14 heteroatoms. The summed E-state index contributed by atoms with van der Waals surface area (Å²) in [5.41, 5.74) is 6.02. The number of nitrogens with one attached hydrogen (secondary N) is 3. The van der Waals surface area contributed by atoms with Crippen LogP contribution in [0.15, 0.2) is 24.3 Å². The first kappa shape index (κ1) is 27.8. The quantitative estimate of drug-likeness (QED) is 0.149. The van der Waals surface area contributed by atoms with Crippen LogP contribution in [0.3, 0.4) is 0 Å². The highest BCUT2D eigenvalue weighted by Gasteiger charge is 2.29.